The van der Waals surface area contributed by atoms with Crippen molar-refractivity contribution >= 4 is 23.6 Å². The van der Waals surface area contributed by atoms with Gasteiger partial charge in [0.15, 0.2) is 0 Å². The molecule has 0 bridgehead atoms. The van der Waals surface area contributed by atoms with Crippen LogP contribution in [0.3, 0.4) is 0 Å². The molecule has 2 aromatic rings. The molecule has 2 heterocycles. The molecule has 1 saturated heterocycles. The summed E-state index contributed by atoms with van der Waals surface area (Å²) in [4.78, 5) is 24.1. The van der Waals surface area contributed by atoms with Crippen LogP contribution in [0.2, 0.25) is 0 Å². The van der Waals surface area contributed by atoms with Crippen LogP contribution in [0.4, 0.5) is 4.39 Å². The Balaban J connectivity index is 1.81. The van der Waals surface area contributed by atoms with Crippen molar-refractivity contribution in [3.8, 4) is 5.69 Å². The van der Waals surface area contributed by atoms with Crippen LogP contribution in [-0.4, -0.2) is 43.8 Å². The molecule has 26 heavy (non-hydrogen) atoms. The van der Waals surface area contributed by atoms with E-state index in [0.29, 0.717) is 29.3 Å². The van der Waals surface area contributed by atoms with Gasteiger partial charge in [0.25, 0.3) is 0 Å². The van der Waals surface area contributed by atoms with Gasteiger partial charge < -0.3 is 10.4 Å². The Morgan fingerprint density at radius 2 is 2.04 bits per heavy atom. The second-order valence-electron chi connectivity index (χ2n) is 6.45. The minimum Gasteiger partial charge on any atom is -0.479 e. The number of rotatable bonds is 5. The lowest BCUT2D eigenvalue weighted by atomic mass is 9.98. The van der Waals surface area contributed by atoms with Crippen molar-refractivity contribution in [1.82, 2.24) is 15.1 Å². The van der Waals surface area contributed by atoms with Gasteiger partial charge in [0.05, 0.1) is 17.8 Å². The summed E-state index contributed by atoms with van der Waals surface area (Å²) in [5, 5.41) is 16.6. The first-order chi connectivity index (χ1) is 12.3. The van der Waals surface area contributed by atoms with Gasteiger partial charge in [-0.15, -0.1) is 0 Å². The predicted molar refractivity (Wildman–Crippen MR) is 97.2 cm³/mol. The molecular weight excluding hydrogens is 357 g/mol. The van der Waals surface area contributed by atoms with Crippen LogP contribution in [0.1, 0.15) is 23.4 Å². The van der Waals surface area contributed by atoms with Crippen LogP contribution in [0.5, 0.6) is 0 Å². The highest BCUT2D eigenvalue weighted by Crippen LogP contribution is 2.28. The molecule has 0 aliphatic carbocycles. The number of carbonyl (C=O) groups is 2. The Hall–Kier alpha value is -2.35. The fourth-order valence-electron chi connectivity index (χ4n) is 3.12. The van der Waals surface area contributed by atoms with Gasteiger partial charge in [0, 0.05) is 17.0 Å². The molecule has 0 radical (unpaired) electrons. The number of halogens is 1. The highest BCUT2D eigenvalue weighted by molar-refractivity contribution is 7.99. The normalized spacial score (nSPS) is 19.5. The van der Waals surface area contributed by atoms with E-state index < -0.39 is 11.5 Å². The maximum atomic E-state index is 13.1. The predicted octanol–water partition coefficient (Wildman–Crippen LogP) is 2.25. The molecule has 8 heteroatoms. The number of amides is 1. The minimum atomic E-state index is -1.18. The fraction of sp³-hybridized carbons (Fsp3) is 0.389. The van der Waals surface area contributed by atoms with Crippen molar-refractivity contribution in [2.75, 3.05) is 11.5 Å². The number of hydrogen-bond donors (Lipinski definition) is 2. The molecule has 6 nitrogen and oxygen atoms in total. The summed E-state index contributed by atoms with van der Waals surface area (Å²) in [5.74, 6) is -0.567. The maximum absolute atomic E-state index is 13.1. The summed E-state index contributed by atoms with van der Waals surface area (Å²) < 4.78 is 14.8. The summed E-state index contributed by atoms with van der Waals surface area (Å²) >= 11 is 1.52. The number of aromatic nitrogens is 2. The Morgan fingerprint density at radius 3 is 2.62 bits per heavy atom. The smallest absolute Gasteiger partial charge is 0.330 e. The summed E-state index contributed by atoms with van der Waals surface area (Å²) in [6, 6.07) is 5.95. The van der Waals surface area contributed by atoms with E-state index in [4.69, 9.17) is 0 Å². The van der Waals surface area contributed by atoms with Gasteiger partial charge >= 0.3 is 5.97 Å². The second kappa shape index (κ2) is 7.11. The van der Waals surface area contributed by atoms with Gasteiger partial charge in [-0.1, -0.05) is 0 Å². The van der Waals surface area contributed by atoms with E-state index in [9.17, 15) is 19.1 Å². The second-order valence-corrected chi connectivity index (χ2v) is 7.56. The number of nitrogens with one attached hydrogen (secondary N) is 1. The maximum Gasteiger partial charge on any atom is 0.330 e. The molecule has 2 N–H and O–H groups in total. The first kappa shape index (κ1) is 18.4. The Labute approximate surface area is 154 Å². The third kappa shape index (κ3) is 3.46. The molecule has 1 aromatic carbocycles. The van der Waals surface area contributed by atoms with Crippen LogP contribution >= 0.6 is 11.8 Å². The molecule has 1 amide bonds. The zero-order valence-corrected chi connectivity index (χ0v) is 15.4. The summed E-state index contributed by atoms with van der Waals surface area (Å²) in [7, 11) is 0. The van der Waals surface area contributed by atoms with E-state index in [1.807, 2.05) is 6.92 Å². The molecule has 0 spiro atoms. The minimum absolute atomic E-state index is 0.0541. The van der Waals surface area contributed by atoms with E-state index in [-0.39, 0.29) is 18.1 Å². The van der Waals surface area contributed by atoms with Gasteiger partial charge in [0.1, 0.15) is 11.4 Å². The molecular formula is C18H20FN3O3S. The zero-order chi connectivity index (χ0) is 18.9. The lowest BCUT2D eigenvalue weighted by molar-refractivity contribution is -0.146. The van der Waals surface area contributed by atoms with E-state index >= 15 is 0 Å². The Morgan fingerprint density at radius 1 is 1.35 bits per heavy atom. The standard InChI is InChI=1S/C18H20FN3O3S/c1-11-15(9-16(23)20-18(17(24)25)7-8-26-10-18)12(2)22(21-11)14-5-3-13(19)4-6-14/h3-6H,7-10H2,1-2H3,(H,20,23)(H,24,25). The molecule has 1 aliphatic rings. The molecule has 1 aliphatic heterocycles. The number of carboxylic acid groups (broad SMARTS) is 1. The van der Waals surface area contributed by atoms with Gasteiger partial charge in [-0.3, -0.25) is 4.79 Å². The number of carboxylic acids is 1. The van der Waals surface area contributed by atoms with Crippen molar-refractivity contribution in [2.24, 2.45) is 0 Å². The molecule has 1 fully saturated rings. The zero-order valence-electron chi connectivity index (χ0n) is 14.6. The molecule has 3 rings (SSSR count). The number of benzene rings is 1. The van der Waals surface area contributed by atoms with Crippen molar-refractivity contribution in [1.29, 1.82) is 0 Å². The van der Waals surface area contributed by atoms with E-state index in [2.05, 4.69) is 10.4 Å². The number of thioether (sulfide) groups is 1. The van der Waals surface area contributed by atoms with Crippen LogP contribution in [0, 0.1) is 19.7 Å². The van der Waals surface area contributed by atoms with E-state index in [0.717, 1.165) is 11.3 Å². The number of aryl methyl sites for hydroxylation is 1. The van der Waals surface area contributed by atoms with Crippen molar-refractivity contribution in [3.05, 3.63) is 47.0 Å². The molecule has 1 unspecified atom stereocenters. The first-order valence-electron chi connectivity index (χ1n) is 8.25. The SMILES string of the molecule is Cc1nn(-c2ccc(F)cc2)c(C)c1CC(=O)NC1(C(=O)O)CCSC1. The summed E-state index contributed by atoms with van der Waals surface area (Å²) in [6.07, 6.45) is 0.476. The molecule has 1 aromatic heterocycles. The lowest BCUT2D eigenvalue weighted by Crippen LogP contribution is -2.55. The largest absolute Gasteiger partial charge is 0.479 e. The fourth-order valence-corrected chi connectivity index (χ4v) is 4.45. The summed E-state index contributed by atoms with van der Waals surface area (Å²) in [5.41, 5.74) is 1.73. The first-order valence-corrected chi connectivity index (χ1v) is 9.41. The number of aliphatic carboxylic acids is 1. The Bertz CT molecular complexity index is 842. The highest BCUT2D eigenvalue weighted by Gasteiger charge is 2.43. The van der Waals surface area contributed by atoms with Crippen molar-refractivity contribution in [3.63, 3.8) is 0 Å². The average molecular weight is 377 g/mol. The van der Waals surface area contributed by atoms with Gasteiger partial charge in [-0.2, -0.15) is 16.9 Å². The average Bonchev–Trinajstić information content (AvgIpc) is 3.17. The number of hydrogen-bond acceptors (Lipinski definition) is 4. The highest BCUT2D eigenvalue weighted by atomic mass is 32.2. The molecule has 0 saturated carbocycles. The van der Waals surface area contributed by atoms with Crippen LogP contribution in [0.15, 0.2) is 24.3 Å². The van der Waals surface area contributed by atoms with Crippen LogP contribution in [-0.2, 0) is 16.0 Å². The monoisotopic (exact) mass is 377 g/mol. The Kier molecular flexibility index (Phi) is 5.04. The van der Waals surface area contributed by atoms with Gasteiger partial charge in [-0.05, 0) is 50.3 Å². The van der Waals surface area contributed by atoms with Crippen LogP contribution in [0.25, 0.3) is 5.69 Å². The van der Waals surface area contributed by atoms with Crippen molar-refractivity contribution < 1.29 is 19.1 Å². The number of carbonyl (C=O) groups excluding carboxylic acids is 1. The third-order valence-corrected chi connectivity index (χ3v) is 5.85. The van der Waals surface area contributed by atoms with Crippen LogP contribution < -0.4 is 5.32 Å². The van der Waals surface area contributed by atoms with Gasteiger partial charge in [-0.25, -0.2) is 13.9 Å². The quantitative estimate of drug-likeness (QED) is 0.835. The van der Waals surface area contributed by atoms with Gasteiger partial charge in [0.2, 0.25) is 5.91 Å². The van der Waals surface area contributed by atoms with E-state index in [1.54, 1.807) is 23.7 Å². The summed E-state index contributed by atoms with van der Waals surface area (Å²) in [6.45, 7) is 3.64. The third-order valence-electron chi connectivity index (χ3n) is 4.66. The molecule has 138 valence electrons. The van der Waals surface area contributed by atoms with Crippen molar-refractivity contribution in [2.45, 2.75) is 32.2 Å². The number of nitrogens with zero attached hydrogens (tertiary/aromatic N) is 2. The lowest BCUT2D eigenvalue weighted by Gasteiger charge is -2.24. The van der Waals surface area contributed by atoms with E-state index in [1.165, 1.54) is 23.9 Å². The topological polar surface area (TPSA) is 84.2 Å². The molecule has 1 atom stereocenters.